The standard InChI is InChI=1S/C26H31N3O2S/c1-19(2)31-22-12-10-20(11-13-22)17-29-15-5-7-21(18-29)25(23-8-3-4-14-27-23)28-26(30)24-9-6-16-32-24/h3-4,6,8-14,16,19,21,25H,5,7,15,17-18H2,1-2H3,(H,28,30)/t21-,25-/m1/s1. The van der Waals surface area contributed by atoms with E-state index in [1.165, 1.54) is 16.9 Å². The van der Waals surface area contributed by atoms with Crippen molar-refractivity contribution in [2.24, 2.45) is 5.92 Å². The van der Waals surface area contributed by atoms with Crippen LogP contribution < -0.4 is 10.1 Å². The van der Waals surface area contributed by atoms with Crippen LogP contribution in [0.2, 0.25) is 0 Å². The van der Waals surface area contributed by atoms with E-state index in [4.69, 9.17) is 4.74 Å². The average Bonchev–Trinajstić information content (AvgIpc) is 3.34. The number of hydrogen-bond acceptors (Lipinski definition) is 5. The summed E-state index contributed by atoms with van der Waals surface area (Å²) in [5.74, 6) is 1.20. The molecule has 6 heteroatoms. The lowest BCUT2D eigenvalue weighted by atomic mass is 9.88. The first-order valence-electron chi connectivity index (χ1n) is 11.3. The Balaban J connectivity index is 1.45. The summed E-state index contributed by atoms with van der Waals surface area (Å²) in [7, 11) is 0. The number of thiophene rings is 1. The molecule has 1 aliphatic rings. The van der Waals surface area contributed by atoms with E-state index in [1.807, 2.05) is 49.6 Å². The van der Waals surface area contributed by atoms with Gasteiger partial charge in [0.1, 0.15) is 5.75 Å². The van der Waals surface area contributed by atoms with Crippen molar-refractivity contribution in [3.05, 3.63) is 82.3 Å². The van der Waals surface area contributed by atoms with E-state index in [2.05, 4.69) is 39.5 Å². The Kier molecular flexibility index (Phi) is 7.55. The van der Waals surface area contributed by atoms with Gasteiger partial charge in [-0.05, 0) is 80.4 Å². The Bertz CT molecular complexity index is 974. The number of ether oxygens (including phenoxy) is 1. The lowest BCUT2D eigenvalue weighted by Gasteiger charge is -2.37. The molecular weight excluding hydrogens is 418 g/mol. The molecule has 2 atom stereocenters. The number of nitrogens with zero attached hydrogens (tertiary/aromatic N) is 2. The second-order valence-corrected chi connectivity index (χ2v) is 9.58. The summed E-state index contributed by atoms with van der Waals surface area (Å²) < 4.78 is 5.76. The second-order valence-electron chi connectivity index (χ2n) is 8.63. The molecule has 1 aromatic carbocycles. The number of benzene rings is 1. The second kappa shape index (κ2) is 10.7. The molecule has 32 heavy (non-hydrogen) atoms. The highest BCUT2D eigenvalue weighted by atomic mass is 32.1. The van der Waals surface area contributed by atoms with Gasteiger partial charge in [0.2, 0.25) is 0 Å². The van der Waals surface area contributed by atoms with Gasteiger partial charge in [0.25, 0.3) is 5.91 Å². The third-order valence-electron chi connectivity index (χ3n) is 5.75. The van der Waals surface area contributed by atoms with Crippen LogP contribution >= 0.6 is 11.3 Å². The minimum atomic E-state index is -0.101. The summed E-state index contributed by atoms with van der Waals surface area (Å²) >= 11 is 1.47. The molecular formula is C26H31N3O2S. The van der Waals surface area contributed by atoms with Crippen LogP contribution in [0.25, 0.3) is 0 Å². The smallest absolute Gasteiger partial charge is 0.261 e. The number of likely N-dealkylation sites (tertiary alicyclic amines) is 1. The van der Waals surface area contributed by atoms with Crippen molar-refractivity contribution in [1.29, 1.82) is 0 Å². The molecule has 2 aromatic heterocycles. The highest BCUT2D eigenvalue weighted by Crippen LogP contribution is 2.30. The summed E-state index contributed by atoms with van der Waals surface area (Å²) in [5, 5.41) is 5.22. The SMILES string of the molecule is CC(C)Oc1ccc(CN2CCC[C@@H]([C@@H](NC(=O)c3cccs3)c3ccccn3)C2)cc1. The van der Waals surface area contributed by atoms with Crippen LogP contribution in [0.4, 0.5) is 0 Å². The number of piperidine rings is 1. The van der Waals surface area contributed by atoms with E-state index in [0.29, 0.717) is 5.92 Å². The normalized spacial score (nSPS) is 17.8. The summed E-state index contributed by atoms with van der Waals surface area (Å²) in [5.41, 5.74) is 2.21. The van der Waals surface area contributed by atoms with E-state index >= 15 is 0 Å². The molecule has 1 amide bonds. The summed E-state index contributed by atoms with van der Waals surface area (Å²) in [4.78, 5) is 20.7. The summed E-state index contributed by atoms with van der Waals surface area (Å²) in [6.45, 7) is 6.96. The molecule has 0 radical (unpaired) electrons. The highest BCUT2D eigenvalue weighted by Gasteiger charge is 2.30. The predicted octanol–water partition coefficient (Wildman–Crippen LogP) is 5.31. The van der Waals surface area contributed by atoms with Crippen LogP contribution in [0.1, 0.15) is 53.7 Å². The first-order chi connectivity index (χ1) is 15.6. The average molecular weight is 450 g/mol. The number of aromatic nitrogens is 1. The van der Waals surface area contributed by atoms with Crippen molar-refractivity contribution in [1.82, 2.24) is 15.2 Å². The van der Waals surface area contributed by atoms with E-state index in [1.54, 1.807) is 6.20 Å². The Morgan fingerprint density at radius 3 is 2.72 bits per heavy atom. The lowest BCUT2D eigenvalue weighted by Crippen LogP contribution is -2.42. The van der Waals surface area contributed by atoms with Gasteiger partial charge in [0.05, 0.1) is 22.7 Å². The minimum Gasteiger partial charge on any atom is -0.491 e. The van der Waals surface area contributed by atoms with Gasteiger partial charge in [0, 0.05) is 19.3 Å². The van der Waals surface area contributed by atoms with Gasteiger partial charge >= 0.3 is 0 Å². The highest BCUT2D eigenvalue weighted by molar-refractivity contribution is 7.12. The fraction of sp³-hybridized carbons (Fsp3) is 0.385. The maximum Gasteiger partial charge on any atom is 0.261 e. The van der Waals surface area contributed by atoms with Crippen molar-refractivity contribution < 1.29 is 9.53 Å². The Morgan fingerprint density at radius 1 is 1.19 bits per heavy atom. The van der Waals surface area contributed by atoms with Crippen LogP contribution in [0.15, 0.2) is 66.2 Å². The van der Waals surface area contributed by atoms with Gasteiger partial charge in [-0.25, -0.2) is 0 Å². The van der Waals surface area contributed by atoms with Crippen LogP contribution in [-0.2, 0) is 6.54 Å². The zero-order chi connectivity index (χ0) is 22.3. The fourth-order valence-electron chi connectivity index (χ4n) is 4.32. The Morgan fingerprint density at radius 2 is 2.03 bits per heavy atom. The van der Waals surface area contributed by atoms with E-state index in [9.17, 15) is 4.79 Å². The molecule has 4 rings (SSSR count). The molecule has 1 fully saturated rings. The lowest BCUT2D eigenvalue weighted by molar-refractivity contribution is 0.0879. The molecule has 1 N–H and O–H groups in total. The van der Waals surface area contributed by atoms with Gasteiger partial charge < -0.3 is 10.1 Å². The van der Waals surface area contributed by atoms with E-state index in [0.717, 1.165) is 48.8 Å². The predicted molar refractivity (Wildman–Crippen MR) is 129 cm³/mol. The molecule has 3 heterocycles. The topological polar surface area (TPSA) is 54.5 Å². The van der Waals surface area contributed by atoms with Crippen LogP contribution in [0, 0.1) is 5.92 Å². The van der Waals surface area contributed by atoms with E-state index < -0.39 is 0 Å². The van der Waals surface area contributed by atoms with Gasteiger partial charge in [-0.15, -0.1) is 11.3 Å². The van der Waals surface area contributed by atoms with Gasteiger partial charge in [-0.1, -0.05) is 24.3 Å². The molecule has 0 spiro atoms. The Labute approximate surface area is 194 Å². The third kappa shape index (κ3) is 5.96. The van der Waals surface area contributed by atoms with Gasteiger partial charge in [-0.3, -0.25) is 14.7 Å². The van der Waals surface area contributed by atoms with Crippen LogP contribution in [0.3, 0.4) is 0 Å². The molecule has 0 saturated carbocycles. The van der Waals surface area contributed by atoms with Gasteiger partial charge in [-0.2, -0.15) is 0 Å². The molecule has 5 nitrogen and oxygen atoms in total. The summed E-state index contributed by atoms with van der Waals surface area (Å²) in [6, 6.07) is 18.0. The van der Waals surface area contributed by atoms with Crippen molar-refractivity contribution in [3.63, 3.8) is 0 Å². The maximum atomic E-state index is 12.9. The first kappa shape index (κ1) is 22.5. The maximum absolute atomic E-state index is 12.9. The summed E-state index contributed by atoms with van der Waals surface area (Å²) in [6.07, 6.45) is 4.17. The van der Waals surface area contributed by atoms with Crippen molar-refractivity contribution in [2.75, 3.05) is 13.1 Å². The Hall–Kier alpha value is -2.70. The molecule has 0 bridgehead atoms. The molecule has 168 valence electrons. The molecule has 0 unspecified atom stereocenters. The molecule has 3 aromatic rings. The number of amides is 1. The van der Waals surface area contributed by atoms with E-state index in [-0.39, 0.29) is 18.1 Å². The van der Waals surface area contributed by atoms with Crippen LogP contribution in [0.5, 0.6) is 5.75 Å². The molecule has 1 saturated heterocycles. The largest absolute Gasteiger partial charge is 0.491 e. The number of rotatable bonds is 8. The van der Waals surface area contributed by atoms with Gasteiger partial charge in [0.15, 0.2) is 0 Å². The van der Waals surface area contributed by atoms with Crippen LogP contribution in [-0.4, -0.2) is 35.0 Å². The van der Waals surface area contributed by atoms with Crippen molar-refractivity contribution in [2.45, 2.75) is 45.4 Å². The quantitative estimate of drug-likeness (QED) is 0.506. The molecule has 1 aliphatic heterocycles. The molecule has 0 aliphatic carbocycles. The number of nitrogens with one attached hydrogen (secondary N) is 1. The van der Waals surface area contributed by atoms with Crippen molar-refractivity contribution in [3.8, 4) is 5.75 Å². The zero-order valence-corrected chi connectivity index (χ0v) is 19.6. The monoisotopic (exact) mass is 449 g/mol. The number of pyridine rings is 1. The van der Waals surface area contributed by atoms with Crippen molar-refractivity contribution >= 4 is 17.2 Å². The third-order valence-corrected chi connectivity index (χ3v) is 6.62. The fourth-order valence-corrected chi connectivity index (χ4v) is 4.95. The number of carbonyl (C=O) groups excluding carboxylic acids is 1. The number of hydrogen-bond donors (Lipinski definition) is 1. The minimum absolute atomic E-state index is 0.0199. The number of carbonyl (C=O) groups is 1. The zero-order valence-electron chi connectivity index (χ0n) is 18.7. The first-order valence-corrected chi connectivity index (χ1v) is 12.2.